The Kier molecular flexibility index (Phi) is 4.61. The van der Waals surface area contributed by atoms with Gasteiger partial charge in [0.1, 0.15) is 6.29 Å². The lowest BCUT2D eigenvalue weighted by Gasteiger charge is -2.47. The number of carbonyl (C=O) groups excluding carboxylic acids is 1. The highest BCUT2D eigenvalue weighted by Gasteiger charge is 2.48. The molecule has 23 heavy (non-hydrogen) atoms. The van der Waals surface area contributed by atoms with Gasteiger partial charge in [-0.1, -0.05) is 49.8 Å². The number of hydrogen-bond donors (Lipinski definition) is 1. The van der Waals surface area contributed by atoms with Crippen LogP contribution in [0.15, 0.2) is 29.2 Å². The Morgan fingerprint density at radius 3 is 2.43 bits per heavy atom. The first-order chi connectivity index (χ1) is 11.0. The van der Waals surface area contributed by atoms with Crippen molar-refractivity contribution in [2.75, 3.05) is 0 Å². The van der Waals surface area contributed by atoms with Crippen LogP contribution < -0.4 is 4.72 Å². The predicted molar refractivity (Wildman–Crippen MR) is 89.6 cm³/mol. The number of benzene rings is 1. The highest BCUT2D eigenvalue weighted by atomic mass is 32.2. The van der Waals surface area contributed by atoms with Crippen LogP contribution in [-0.4, -0.2) is 20.2 Å². The fraction of sp³-hybridized carbons (Fsp3) is 0.611. The largest absolute Gasteiger partial charge is 0.301 e. The minimum atomic E-state index is -3.68. The molecule has 0 heterocycles. The molecule has 2 saturated carbocycles. The number of nitrogens with one attached hydrogen (secondary N) is 1. The summed E-state index contributed by atoms with van der Waals surface area (Å²) in [5.74, 6) is 0.617. The minimum Gasteiger partial charge on any atom is -0.301 e. The van der Waals surface area contributed by atoms with Crippen molar-refractivity contribution in [3.05, 3.63) is 29.8 Å². The van der Waals surface area contributed by atoms with Crippen LogP contribution in [0.25, 0.3) is 0 Å². The van der Waals surface area contributed by atoms with Gasteiger partial charge in [-0.15, -0.1) is 0 Å². The van der Waals surface area contributed by atoms with Crippen molar-refractivity contribution >= 4 is 16.3 Å². The van der Waals surface area contributed by atoms with E-state index in [1.807, 2.05) is 6.92 Å². The summed E-state index contributed by atoms with van der Waals surface area (Å²) in [7, 11) is -3.68. The van der Waals surface area contributed by atoms with Crippen molar-refractivity contribution in [3.8, 4) is 0 Å². The van der Waals surface area contributed by atoms with Gasteiger partial charge in [0.15, 0.2) is 0 Å². The van der Waals surface area contributed by atoms with E-state index < -0.39 is 15.6 Å². The van der Waals surface area contributed by atoms with Crippen LogP contribution in [0.5, 0.6) is 0 Å². The van der Waals surface area contributed by atoms with Crippen LogP contribution in [0.2, 0.25) is 0 Å². The third kappa shape index (κ3) is 3.22. The molecule has 2 aliphatic carbocycles. The summed E-state index contributed by atoms with van der Waals surface area (Å²) in [6.07, 6.45) is 7.86. The van der Waals surface area contributed by atoms with Gasteiger partial charge in [0, 0.05) is 0 Å². The Morgan fingerprint density at radius 2 is 1.74 bits per heavy atom. The molecule has 0 aromatic heterocycles. The maximum Gasteiger partial charge on any atom is 0.241 e. The molecule has 5 heteroatoms. The van der Waals surface area contributed by atoms with E-state index in [9.17, 15) is 13.2 Å². The predicted octanol–water partition coefficient (Wildman–Crippen LogP) is 3.20. The Labute approximate surface area is 138 Å². The van der Waals surface area contributed by atoms with Crippen LogP contribution in [0.4, 0.5) is 0 Å². The van der Waals surface area contributed by atoms with Gasteiger partial charge in [0.2, 0.25) is 10.0 Å². The van der Waals surface area contributed by atoms with Crippen molar-refractivity contribution in [2.45, 2.75) is 62.3 Å². The molecule has 3 atom stereocenters. The summed E-state index contributed by atoms with van der Waals surface area (Å²) in [5.41, 5.74) is 0.0895. The zero-order valence-electron chi connectivity index (χ0n) is 13.6. The lowest BCUT2D eigenvalue weighted by Crippen LogP contribution is -2.59. The van der Waals surface area contributed by atoms with Crippen molar-refractivity contribution in [2.24, 2.45) is 11.8 Å². The van der Waals surface area contributed by atoms with E-state index in [1.165, 1.54) is 6.42 Å². The molecule has 0 bridgehead atoms. The zero-order valence-corrected chi connectivity index (χ0v) is 14.4. The standard InChI is InChI=1S/C18H25NO3S/c1-14-8-10-16(11-9-14)23(21,22)19-18(13-20)12-4-6-15-5-2-3-7-17(15)18/h8-11,13,15,17,19H,2-7,12H2,1H3/t15-,17+,18-/m1/s1. The summed E-state index contributed by atoms with van der Waals surface area (Å²) < 4.78 is 28.4. The molecule has 0 radical (unpaired) electrons. The van der Waals surface area contributed by atoms with Crippen LogP contribution in [0, 0.1) is 18.8 Å². The molecular weight excluding hydrogens is 310 g/mol. The van der Waals surface area contributed by atoms with Crippen LogP contribution >= 0.6 is 0 Å². The van der Waals surface area contributed by atoms with E-state index in [0.29, 0.717) is 12.3 Å². The van der Waals surface area contributed by atoms with E-state index in [-0.39, 0.29) is 10.8 Å². The van der Waals surface area contributed by atoms with Crippen LogP contribution in [0.1, 0.15) is 50.5 Å². The molecule has 0 aliphatic heterocycles. The van der Waals surface area contributed by atoms with Crippen LogP contribution in [-0.2, 0) is 14.8 Å². The number of aryl methyl sites for hydroxylation is 1. The van der Waals surface area contributed by atoms with Gasteiger partial charge in [0.25, 0.3) is 0 Å². The number of aldehydes is 1. The third-order valence-corrected chi connectivity index (χ3v) is 7.14. The fourth-order valence-corrected chi connectivity index (χ4v) is 5.81. The second-order valence-electron chi connectivity index (χ2n) is 7.12. The molecule has 126 valence electrons. The van der Waals surface area contributed by atoms with Crippen molar-refractivity contribution in [1.82, 2.24) is 4.72 Å². The summed E-state index contributed by atoms with van der Waals surface area (Å²) >= 11 is 0. The second kappa shape index (κ2) is 6.36. The van der Waals surface area contributed by atoms with Crippen molar-refractivity contribution in [1.29, 1.82) is 0 Å². The van der Waals surface area contributed by atoms with E-state index in [1.54, 1.807) is 24.3 Å². The fourth-order valence-electron chi connectivity index (χ4n) is 4.40. The van der Waals surface area contributed by atoms with E-state index >= 15 is 0 Å². The number of carbonyl (C=O) groups is 1. The highest BCUT2D eigenvalue weighted by molar-refractivity contribution is 7.89. The summed E-state index contributed by atoms with van der Waals surface area (Å²) in [6.45, 7) is 1.92. The van der Waals surface area contributed by atoms with Crippen molar-refractivity contribution < 1.29 is 13.2 Å². The van der Waals surface area contributed by atoms with Gasteiger partial charge in [-0.05, 0) is 43.7 Å². The Morgan fingerprint density at radius 1 is 1.09 bits per heavy atom. The molecular formula is C18H25NO3S. The molecule has 0 amide bonds. The molecule has 2 aliphatic rings. The molecule has 1 N–H and O–H groups in total. The quantitative estimate of drug-likeness (QED) is 0.860. The van der Waals surface area contributed by atoms with E-state index in [2.05, 4.69) is 4.72 Å². The van der Waals surface area contributed by atoms with Gasteiger partial charge in [-0.3, -0.25) is 0 Å². The molecule has 3 rings (SSSR count). The summed E-state index contributed by atoms with van der Waals surface area (Å²) in [5, 5.41) is 0. The number of hydrogen-bond acceptors (Lipinski definition) is 3. The molecule has 0 unspecified atom stereocenters. The zero-order chi connectivity index (χ0) is 16.5. The normalized spacial score (nSPS) is 31.3. The van der Waals surface area contributed by atoms with Gasteiger partial charge >= 0.3 is 0 Å². The van der Waals surface area contributed by atoms with Gasteiger partial charge < -0.3 is 4.79 Å². The first-order valence-corrected chi connectivity index (χ1v) is 10.0. The Hall–Kier alpha value is -1.20. The molecule has 0 saturated heterocycles. The molecule has 1 aromatic carbocycles. The molecule has 4 nitrogen and oxygen atoms in total. The minimum absolute atomic E-state index is 0.141. The van der Waals surface area contributed by atoms with Gasteiger partial charge in [0.05, 0.1) is 10.4 Å². The SMILES string of the molecule is Cc1ccc(S(=O)(=O)N[C@@]2(C=O)CCC[C@H]3CCCC[C@@H]32)cc1. The number of rotatable bonds is 4. The number of sulfonamides is 1. The maximum atomic E-state index is 12.8. The first-order valence-electron chi connectivity index (χ1n) is 8.54. The summed E-state index contributed by atoms with van der Waals surface area (Å²) in [6, 6.07) is 6.79. The van der Waals surface area contributed by atoms with E-state index in [0.717, 1.165) is 44.0 Å². The lowest BCUT2D eigenvalue weighted by molar-refractivity contribution is -0.118. The number of fused-ring (bicyclic) bond motifs is 1. The monoisotopic (exact) mass is 335 g/mol. The molecule has 1 aromatic rings. The lowest BCUT2D eigenvalue weighted by atomic mass is 9.62. The van der Waals surface area contributed by atoms with E-state index in [4.69, 9.17) is 0 Å². The Balaban J connectivity index is 1.91. The van der Waals surface area contributed by atoms with Crippen LogP contribution in [0.3, 0.4) is 0 Å². The smallest absolute Gasteiger partial charge is 0.241 e. The molecule has 2 fully saturated rings. The van der Waals surface area contributed by atoms with Gasteiger partial charge in [-0.2, -0.15) is 4.72 Å². The summed E-state index contributed by atoms with van der Waals surface area (Å²) in [4.78, 5) is 12.2. The highest BCUT2D eigenvalue weighted by Crippen LogP contribution is 2.45. The van der Waals surface area contributed by atoms with Gasteiger partial charge in [-0.25, -0.2) is 8.42 Å². The maximum absolute atomic E-state index is 12.8. The average molecular weight is 335 g/mol. The molecule has 0 spiro atoms. The average Bonchev–Trinajstić information content (AvgIpc) is 2.55. The topological polar surface area (TPSA) is 63.2 Å². The second-order valence-corrected chi connectivity index (χ2v) is 8.80. The third-order valence-electron chi connectivity index (χ3n) is 5.60. The first kappa shape index (κ1) is 16.7. The van der Waals surface area contributed by atoms with Crippen molar-refractivity contribution in [3.63, 3.8) is 0 Å². The Bertz CT molecular complexity index is 666.